The van der Waals surface area contributed by atoms with Gasteiger partial charge in [0, 0.05) is 10.0 Å². The van der Waals surface area contributed by atoms with E-state index in [0.29, 0.717) is 22.5 Å². The van der Waals surface area contributed by atoms with Gasteiger partial charge >= 0.3 is 0 Å². The summed E-state index contributed by atoms with van der Waals surface area (Å²) in [5.41, 5.74) is 6.76. The van der Waals surface area contributed by atoms with Crippen LogP contribution in [-0.2, 0) is 0 Å². The minimum absolute atomic E-state index is 0.358. The molecule has 1 aromatic rings. The standard InChI is InChI=1S/C10H13Cl2N/c1-2-7(6-13)8-3-9(11)5-10(12)4-8/h3-5,7H,2,6,13H2,1H3. The molecule has 0 heterocycles. The van der Waals surface area contributed by atoms with Gasteiger partial charge in [-0.15, -0.1) is 0 Å². The minimum atomic E-state index is 0.358. The molecule has 0 radical (unpaired) electrons. The molecule has 1 nitrogen and oxygen atoms in total. The lowest BCUT2D eigenvalue weighted by atomic mass is 9.97. The second-order valence-electron chi connectivity index (χ2n) is 3.04. The molecule has 3 heteroatoms. The van der Waals surface area contributed by atoms with E-state index in [2.05, 4.69) is 6.92 Å². The van der Waals surface area contributed by atoms with Gasteiger partial charge in [-0.05, 0) is 42.6 Å². The summed E-state index contributed by atoms with van der Waals surface area (Å²) in [4.78, 5) is 0. The van der Waals surface area contributed by atoms with Gasteiger partial charge in [-0.2, -0.15) is 0 Å². The maximum atomic E-state index is 5.88. The highest BCUT2D eigenvalue weighted by molar-refractivity contribution is 6.34. The van der Waals surface area contributed by atoms with Crippen LogP contribution in [0.4, 0.5) is 0 Å². The molecule has 0 bridgehead atoms. The van der Waals surface area contributed by atoms with Crippen LogP contribution < -0.4 is 5.73 Å². The number of halogens is 2. The zero-order valence-electron chi connectivity index (χ0n) is 7.56. The lowest BCUT2D eigenvalue weighted by Crippen LogP contribution is -2.11. The molecule has 0 aliphatic heterocycles. The van der Waals surface area contributed by atoms with Crippen LogP contribution in [0.25, 0.3) is 0 Å². The van der Waals surface area contributed by atoms with Crippen LogP contribution in [0.3, 0.4) is 0 Å². The first-order chi connectivity index (χ1) is 6.17. The first-order valence-corrected chi connectivity index (χ1v) is 5.09. The summed E-state index contributed by atoms with van der Waals surface area (Å²) in [7, 11) is 0. The average molecular weight is 218 g/mol. The van der Waals surface area contributed by atoms with Crippen molar-refractivity contribution in [3.05, 3.63) is 33.8 Å². The molecule has 1 unspecified atom stereocenters. The first kappa shape index (κ1) is 10.8. The van der Waals surface area contributed by atoms with E-state index >= 15 is 0 Å². The molecular weight excluding hydrogens is 205 g/mol. The zero-order chi connectivity index (χ0) is 9.84. The normalized spacial score (nSPS) is 12.9. The van der Waals surface area contributed by atoms with Gasteiger partial charge in [0.15, 0.2) is 0 Å². The third-order valence-corrected chi connectivity index (χ3v) is 2.57. The van der Waals surface area contributed by atoms with Crippen molar-refractivity contribution < 1.29 is 0 Å². The molecule has 0 saturated heterocycles. The highest BCUT2D eigenvalue weighted by atomic mass is 35.5. The lowest BCUT2D eigenvalue weighted by Gasteiger charge is -2.13. The molecule has 1 atom stereocenters. The Kier molecular flexibility index (Phi) is 4.04. The predicted octanol–water partition coefficient (Wildman–Crippen LogP) is 3.45. The molecule has 0 saturated carbocycles. The Morgan fingerprint density at radius 1 is 1.23 bits per heavy atom. The van der Waals surface area contributed by atoms with Crippen LogP contribution in [0.1, 0.15) is 24.8 Å². The van der Waals surface area contributed by atoms with Crippen LogP contribution in [-0.4, -0.2) is 6.54 Å². The molecule has 0 fully saturated rings. The molecule has 1 rings (SSSR count). The number of hydrogen-bond donors (Lipinski definition) is 1. The number of nitrogens with two attached hydrogens (primary N) is 1. The zero-order valence-corrected chi connectivity index (χ0v) is 9.07. The fourth-order valence-corrected chi connectivity index (χ4v) is 1.89. The maximum Gasteiger partial charge on any atom is 0.0423 e. The molecule has 0 amide bonds. The molecule has 72 valence electrons. The van der Waals surface area contributed by atoms with E-state index in [1.54, 1.807) is 6.07 Å². The second-order valence-corrected chi connectivity index (χ2v) is 3.92. The quantitative estimate of drug-likeness (QED) is 0.826. The highest BCUT2D eigenvalue weighted by Crippen LogP contribution is 2.25. The molecule has 13 heavy (non-hydrogen) atoms. The van der Waals surface area contributed by atoms with Gasteiger partial charge in [0.2, 0.25) is 0 Å². The van der Waals surface area contributed by atoms with E-state index in [1.807, 2.05) is 12.1 Å². The van der Waals surface area contributed by atoms with E-state index in [-0.39, 0.29) is 0 Å². The van der Waals surface area contributed by atoms with Crippen LogP contribution >= 0.6 is 23.2 Å². The third-order valence-electron chi connectivity index (χ3n) is 2.13. The van der Waals surface area contributed by atoms with Crippen molar-refractivity contribution in [3.63, 3.8) is 0 Å². The highest BCUT2D eigenvalue weighted by Gasteiger charge is 2.08. The van der Waals surface area contributed by atoms with Gasteiger partial charge in [-0.3, -0.25) is 0 Å². The van der Waals surface area contributed by atoms with Gasteiger partial charge in [-0.1, -0.05) is 30.1 Å². The molecule has 0 spiro atoms. The van der Waals surface area contributed by atoms with Crippen LogP contribution in [0.15, 0.2) is 18.2 Å². The summed E-state index contributed by atoms with van der Waals surface area (Å²) in [6, 6.07) is 5.58. The number of rotatable bonds is 3. The van der Waals surface area contributed by atoms with Crippen LogP contribution in [0.2, 0.25) is 10.0 Å². The monoisotopic (exact) mass is 217 g/mol. The van der Waals surface area contributed by atoms with Crippen molar-refractivity contribution in [1.29, 1.82) is 0 Å². The minimum Gasteiger partial charge on any atom is -0.330 e. The molecule has 1 aromatic carbocycles. The van der Waals surface area contributed by atoms with Gasteiger partial charge < -0.3 is 5.73 Å². The van der Waals surface area contributed by atoms with Crippen LogP contribution in [0.5, 0.6) is 0 Å². The van der Waals surface area contributed by atoms with Gasteiger partial charge in [0.1, 0.15) is 0 Å². The van der Waals surface area contributed by atoms with Crippen molar-refractivity contribution in [2.24, 2.45) is 5.73 Å². The van der Waals surface area contributed by atoms with Crippen molar-refractivity contribution >= 4 is 23.2 Å². The second kappa shape index (κ2) is 4.85. The summed E-state index contributed by atoms with van der Waals surface area (Å²) >= 11 is 11.8. The molecular formula is C10H13Cl2N. The van der Waals surface area contributed by atoms with E-state index in [4.69, 9.17) is 28.9 Å². The Morgan fingerprint density at radius 2 is 1.77 bits per heavy atom. The Morgan fingerprint density at radius 3 is 2.15 bits per heavy atom. The third kappa shape index (κ3) is 2.87. The summed E-state index contributed by atoms with van der Waals surface area (Å²) in [6.45, 7) is 2.74. The Balaban J connectivity index is 2.99. The summed E-state index contributed by atoms with van der Waals surface area (Å²) in [5, 5.41) is 1.35. The smallest absolute Gasteiger partial charge is 0.0423 e. The van der Waals surface area contributed by atoms with Crippen molar-refractivity contribution in [1.82, 2.24) is 0 Å². The van der Waals surface area contributed by atoms with Crippen molar-refractivity contribution in [2.45, 2.75) is 19.3 Å². The van der Waals surface area contributed by atoms with E-state index < -0.39 is 0 Å². The topological polar surface area (TPSA) is 26.0 Å². The fraction of sp³-hybridized carbons (Fsp3) is 0.400. The van der Waals surface area contributed by atoms with Gasteiger partial charge in [0.05, 0.1) is 0 Å². The Labute approximate surface area is 88.8 Å². The molecule has 2 N–H and O–H groups in total. The number of hydrogen-bond acceptors (Lipinski definition) is 1. The molecule has 0 aliphatic carbocycles. The molecule has 0 aliphatic rings. The SMILES string of the molecule is CCC(CN)c1cc(Cl)cc(Cl)c1. The summed E-state index contributed by atoms with van der Waals surface area (Å²) < 4.78 is 0. The van der Waals surface area contributed by atoms with E-state index in [0.717, 1.165) is 12.0 Å². The maximum absolute atomic E-state index is 5.88. The largest absolute Gasteiger partial charge is 0.330 e. The summed E-state index contributed by atoms with van der Waals surface area (Å²) in [5.74, 6) is 0.358. The van der Waals surface area contributed by atoms with Crippen molar-refractivity contribution in [3.8, 4) is 0 Å². The summed E-state index contributed by atoms with van der Waals surface area (Å²) in [6.07, 6.45) is 1.01. The molecule has 0 aromatic heterocycles. The van der Waals surface area contributed by atoms with Crippen molar-refractivity contribution in [2.75, 3.05) is 6.54 Å². The van der Waals surface area contributed by atoms with Gasteiger partial charge in [0.25, 0.3) is 0 Å². The van der Waals surface area contributed by atoms with Gasteiger partial charge in [-0.25, -0.2) is 0 Å². The number of benzene rings is 1. The Hall–Kier alpha value is -0.240. The van der Waals surface area contributed by atoms with E-state index in [1.165, 1.54) is 0 Å². The fourth-order valence-electron chi connectivity index (χ4n) is 1.35. The first-order valence-electron chi connectivity index (χ1n) is 4.33. The lowest BCUT2D eigenvalue weighted by molar-refractivity contribution is 0.674. The average Bonchev–Trinajstić information content (AvgIpc) is 2.04. The van der Waals surface area contributed by atoms with E-state index in [9.17, 15) is 0 Å². The predicted molar refractivity (Wildman–Crippen MR) is 58.5 cm³/mol. The van der Waals surface area contributed by atoms with Crippen LogP contribution in [0, 0.1) is 0 Å². The Bertz CT molecular complexity index is 262.